The van der Waals surface area contributed by atoms with Gasteiger partial charge in [0.1, 0.15) is 5.01 Å². The van der Waals surface area contributed by atoms with Crippen LogP contribution in [0.2, 0.25) is 0 Å². The lowest BCUT2D eigenvalue weighted by molar-refractivity contribution is 0.0986. The van der Waals surface area contributed by atoms with Gasteiger partial charge >= 0.3 is 0 Å². The van der Waals surface area contributed by atoms with Crippen molar-refractivity contribution >= 4 is 22.4 Å². The third-order valence-corrected chi connectivity index (χ3v) is 5.26. The van der Waals surface area contributed by atoms with Gasteiger partial charge in [0.25, 0.3) is 5.91 Å². The third kappa shape index (κ3) is 4.39. The highest BCUT2D eigenvalue weighted by molar-refractivity contribution is 7.18. The molecule has 0 radical (unpaired) electrons. The van der Waals surface area contributed by atoms with E-state index >= 15 is 0 Å². The van der Waals surface area contributed by atoms with Crippen LogP contribution < -0.4 is 4.90 Å². The molecule has 2 aromatic heterocycles. The fourth-order valence-electron chi connectivity index (χ4n) is 2.71. The maximum absolute atomic E-state index is 12.9. The molecule has 0 bridgehead atoms. The molecule has 0 unspecified atom stereocenters. The maximum Gasteiger partial charge on any atom is 0.260 e. The van der Waals surface area contributed by atoms with Gasteiger partial charge in [0.05, 0.1) is 0 Å². The zero-order valence-corrected chi connectivity index (χ0v) is 17.0. The van der Waals surface area contributed by atoms with Crippen molar-refractivity contribution < 1.29 is 4.79 Å². The van der Waals surface area contributed by atoms with Gasteiger partial charge < -0.3 is 0 Å². The van der Waals surface area contributed by atoms with Crippen LogP contribution in [0.25, 0.3) is 10.6 Å². The molecule has 0 fully saturated rings. The van der Waals surface area contributed by atoms with Crippen molar-refractivity contribution in [2.45, 2.75) is 39.5 Å². The SMILES string of the molecule is CCCN(C(=O)c1ccncc1)c1nnc(-c2ccc(C(C)(C)C)cc2)s1. The first-order valence-electron chi connectivity index (χ1n) is 9.06. The van der Waals surface area contributed by atoms with Crippen LogP contribution in [0.3, 0.4) is 0 Å². The Balaban J connectivity index is 1.87. The molecule has 0 spiro atoms. The van der Waals surface area contributed by atoms with E-state index in [0.29, 0.717) is 17.2 Å². The van der Waals surface area contributed by atoms with Crippen molar-refractivity contribution in [1.82, 2.24) is 15.2 Å². The summed E-state index contributed by atoms with van der Waals surface area (Å²) in [6, 6.07) is 11.8. The van der Waals surface area contributed by atoms with E-state index in [9.17, 15) is 4.79 Å². The molecule has 1 aromatic carbocycles. The maximum atomic E-state index is 12.9. The minimum Gasteiger partial charge on any atom is -0.283 e. The van der Waals surface area contributed by atoms with Crippen molar-refractivity contribution in [3.8, 4) is 10.6 Å². The second-order valence-corrected chi connectivity index (χ2v) is 8.37. The number of anilines is 1. The van der Waals surface area contributed by atoms with Gasteiger partial charge in [-0.05, 0) is 29.5 Å². The average molecular weight is 381 g/mol. The van der Waals surface area contributed by atoms with Gasteiger partial charge in [-0.15, -0.1) is 10.2 Å². The molecule has 0 saturated heterocycles. The first-order chi connectivity index (χ1) is 12.9. The summed E-state index contributed by atoms with van der Waals surface area (Å²) in [5.74, 6) is -0.0787. The minimum atomic E-state index is -0.0787. The molecule has 6 heteroatoms. The molecule has 0 aliphatic carbocycles. The number of hydrogen-bond donors (Lipinski definition) is 0. The zero-order chi connectivity index (χ0) is 19.4. The standard InChI is InChI=1S/C21H24N4OS/c1-5-14-25(19(26)16-10-12-22-13-11-16)20-24-23-18(27-20)15-6-8-17(9-7-15)21(2,3)4/h6-13H,5,14H2,1-4H3. The lowest BCUT2D eigenvalue weighted by Gasteiger charge is -2.19. The van der Waals surface area contributed by atoms with E-state index in [0.717, 1.165) is 17.0 Å². The van der Waals surface area contributed by atoms with Crippen LogP contribution in [0.5, 0.6) is 0 Å². The Labute approximate surface area is 164 Å². The average Bonchev–Trinajstić information content (AvgIpc) is 3.15. The van der Waals surface area contributed by atoms with Crippen molar-refractivity contribution in [2.24, 2.45) is 0 Å². The van der Waals surface area contributed by atoms with E-state index in [1.807, 2.05) is 6.92 Å². The number of nitrogens with zero attached hydrogens (tertiary/aromatic N) is 4. The molecule has 0 aliphatic rings. The Morgan fingerprint density at radius 3 is 2.30 bits per heavy atom. The monoisotopic (exact) mass is 380 g/mol. The first-order valence-corrected chi connectivity index (χ1v) is 9.88. The van der Waals surface area contributed by atoms with Gasteiger partial charge in [0.2, 0.25) is 5.13 Å². The summed E-state index contributed by atoms with van der Waals surface area (Å²) in [5, 5.41) is 10.0. The summed E-state index contributed by atoms with van der Waals surface area (Å²) < 4.78 is 0. The molecule has 2 heterocycles. The molecule has 140 valence electrons. The Bertz CT molecular complexity index is 898. The van der Waals surface area contributed by atoms with Gasteiger partial charge in [-0.3, -0.25) is 14.7 Å². The highest BCUT2D eigenvalue weighted by atomic mass is 32.1. The molecule has 3 rings (SSSR count). The number of carbonyl (C=O) groups is 1. The number of benzene rings is 1. The van der Waals surface area contributed by atoms with Gasteiger partial charge in [-0.25, -0.2) is 0 Å². The summed E-state index contributed by atoms with van der Waals surface area (Å²) in [4.78, 5) is 18.5. The smallest absolute Gasteiger partial charge is 0.260 e. The fourth-order valence-corrected chi connectivity index (χ4v) is 3.59. The number of amides is 1. The van der Waals surface area contributed by atoms with Crippen molar-refractivity contribution in [1.29, 1.82) is 0 Å². The van der Waals surface area contributed by atoms with Crippen LogP contribution >= 0.6 is 11.3 Å². The predicted octanol–water partition coefficient (Wildman–Crippen LogP) is 4.95. The number of hydrogen-bond acceptors (Lipinski definition) is 5. The lowest BCUT2D eigenvalue weighted by atomic mass is 9.87. The second kappa shape index (κ2) is 7.96. The molecule has 0 atom stereocenters. The largest absolute Gasteiger partial charge is 0.283 e. The van der Waals surface area contributed by atoms with Gasteiger partial charge in [0.15, 0.2) is 0 Å². The van der Waals surface area contributed by atoms with E-state index < -0.39 is 0 Å². The molecular formula is C21H24N4OS. The molecule has 27 heavy (non-hydrogen) atoms. The van der Waals surface area contributed by atoms with E-state index in [1.165, 1.54) is 16.9 Å². The van der Waals surface area contributed by atoms with Crippen molar-refractivity contribution in [3.05, 3.63) is 59.9 Å². The summed E-state index contributed by atoms with van der Waals surface area (Å²) in [6.07, 6.45) is 4.09. The minimum absolute atomic E-state index is 0.0787. The van der Waals surface area contributed by atoms with Gasteiger partial charge in [-0.2, -0.15) is 0 Å². The molecule has 0 saturated carbocycles. The second-order valence-electron chi connectivity index (χ2n) is 7.41. The van der Waals surface area contributed by atoms with Gasteiger partial charge in [0, 0.05) is 30.1 Å². The molecule has 0 aliphatic heterocycles. The van der Waals surface area contributed by atoms with Crippen LogP contribution in [0.1, 0.15) is 50.0 Å². The number of carbonyl (C=O) groups excluding carboxylic acids is 1. The molecule has 0 N–H and O–H groups in total. The zero-order valence-electron chi connectivity index (χ0n) is 16.1. The number of rotatable bonds is 5. The Hall–Kier alpha value is -2.60. The summed E-state index contributed by atoms with van der Waals surface area (Å²) in [5.41, 5.74) is 3.00. The molecule has 3 aromatic rings. The van der Waals surface area contributed by atoms with Crippen LogP contribution in [-0.4, -0.2) is 27.6 Å². The summed E-state index contributed by atoms with van der Waals surface area (Å²) >= 11 is 1.44. The Kier molecular flexibility index (Phi) is 5.65. The Morgan fingerprint density at radius 2 is 1.70 bits per heavy atom. The number of pyridine rings is 1. The molecule has 5 nitrogen and oxygen atoms in total. The van der Waals surface area contributed by atoms with E-state index in [4.69, 9.17) is 0 Å². The molecule has 1 amide bonds. The summed E-state index contributed by atoms with van der Waals surface area (Å²) in [6.45, 7) is 9.22. The van der Waals surface area contributed by atoms with Crippen molar-refractivity contribution in [3.63, 3.8) is 0 Å². The van der Waals surface area contributed by atoms with E-state index in [1.54, 1.807) is 29.4 Å². The van der Waals surface area contributed by atoms with Gasteiger partial charge in [-0.1, -0.05) is 63.3 Å². The quantitative estimate of drug-likeness (QED) is 0.628. The third-order valence-electron chi connectivity index (χ3n) is 4.26. The molecular weight excluding hydrogens is 356 g/mol. The van der Waals surface area contributed by atoms with Crippen LogP contribution in [0.15, 0.2) is 48.8 Å². The normalized spacial score (nSPS) is 11.4. The number of aromatic nitrogens is 3. The van der Waals surface area contributed by atoms with E-state index in [2.05, 4.69) is 60.2 Å². The van der Waals surface area contributed by atoms with Crippen LogP contribution in [-0.2, 0) is 5.41 Å². The summed E-state index contributed by atoms with van der Waals surface area (Å²) in [7, 11) is 0. The lowest BCUT2D eigenvalue weighted by Crippen LogP contribution is -2.31. The predicted molar refractivity (Wildman–Crippen MR) is 110 cm³/mol. The van der Waals surface area contributed by atoms with Crippen molar-refractivity contribution in [2.75, 3.05) is 11.4 Å². The van der Waals surface area contributed by atoms with E-state index in [-0.39, 0.29) is 11.3 Å². The highest BCUT2D eigenvalue weighted by Gasteiger charge is 2.21. The van der Waals surface area contributed by atoms with Crippen LogP contribution in [0.4, 0.5) is 5.13 Å². The van der Waals surface area contributed by atoms with Crippen LogP contribution in [0, 0.1) is 0 Å². The topological polar surface area (TPSA) is 59.0 Å². The first kappa shape index (κ1) is 19.2. The Morgan fingerprint density at radius 1 is 1.04 bits per heavy atom. The fraction of sp³-hybridized carbons (Fsp3) is 0.333. The highest BCUT2D eigenvalue weighted by Crippen LogP contribution is 2.31.